The summed E-state index contributed by atoms with van der Waals surface area (Å²) in [6, 6.07) is 1.21. The third-order valence-electron chi connectivity index (χ3n) is 9.09. The number of aryl methyl sites for hydroxylation is 1. The summed E-state index contributed by atoms with van der Waals surface area (Å²) in [6.07, 6.45) is -4.06. The number of benzene rings is 1. The maximum Gasteiger partial charge on any atom is 0.416 e. The van der Waals surface area contributed by atoms with E-state index in [2.05, 4.69) is 58.5 Å². The molecule has 0 saturated carbocycles. The number of alkyl halides is 3. The first-order valence-corrected chi connectivity index (χ1v) is 19.7. The van der Waals surface area contributed by atoms with Crippen molar-refractivity contribution < 1.29 is 70.7 Å². The van der Waals surface area contributed by atoms with Crippen LogP contribution in [-0.2, 0) is 70.1 Å². The number of amides is 12. The van der Waals surface area contributed by atoms with Crippen LogP contribution in [0.3, 0.4) is 0 Å². The highest BCUT2D eigenvalue weighted by molar-refractivity contribution is 5.96. The van der Waals surface area contributed by atoms with Gasteiger partial charge in [0, 0.05) is 13.1 Å². The first-order valence-electron chi connectivity index (χ1n) is 19.7. The molecule has 0 aliphatic carbocycles. The second-order valence-corrected chi connectivity index (χ2v) is 14.1. The molecule has 2 aliphatic rings. The molecule has 1 aromatic carbocycles. The Bertz CT molecular complexity index is 1930. The lowest BCUT2D eigenvalue weighted by molar-refractivity contribution is -0.138. The highest BCUT2D eigenvalue weighted by atomic mass is 19.4. The summed E-state index contributed by atoms with van der Waals surface area (Å²) < 4.78 is 39.1. The highest BCUT2D eigenvalue weighted by Gasteiger charge is 2.31. The van der Waals surface area contributed by atoms with Crippen molar-refractivity contribution in [3.05, 3.63) is 35.4 Å². The fraction of sp³-hybridized carbons (Fsp3) is 0.514. The van der Waals surface area contributed by atoms with Gasteiger partial charge in [-0.1, -0.05) is 12.1 Å². The van der Waals surface area contributed by atoms with Crippen molar-refractivity contribution in [3.63, 3.8) is 0 Å². The molecule has 2 fully saturated rings. The molecule has 2 unspecified atom stereocenters. The molecule has 64 heavy (non-hydrogen) atoms. The minimum atomic E-state index is -4.60. The molecule has 2 atom stereocenters. The minimum absolute atomic E-state index is 0.0314. The number of carbonyl (C=O) groups is 12. The van der Waals surface area contributed by atoms with Crippen molar-refractivity contribution in [1.29, 1.82) is 0 Å². The van der Waals surface area contributed by atoms with Crippen LogP contribution >= 0.6 is 0 Å². The lowest BCUT2D eigenvalue weighted by atomic mass is 10.0. The topological polar surface area (TPSA) is 340 Å². The number of carbonyl (C=O) groups excluding carboxylic acids is 12. The van der Waals surface area contributed by atoms with Crippen LogP contribution in [0.2, 0.25) is 0 Å². The van der Waals surface area contributed by atoms with Crippen molar-refractivity contribution in [2.75, 3.05) is 72.0 Å². The van der Waals surface area contributed by atoms with Crippen LogP contribution in [0.5, 0.6) is 0 Å². The highest BCUT2D eigenvalue weighted by Crippen LogP contribution is 2.29. The van der Waals surface area contributed by atoms with E-state index in [0.29, 0.717) is 31.5 Å². The number of halogens is 3. The number of hydrogen-bond acceptors (Lipinski definition) is 12. The molecule has 0 bridgehead atoms. The first-order chi connectivity index (χ1) is 30.3. The van der Waals surface area contributed by atoms with Crippen LogP contribution in [0, 0.1) is 0 Å². The zero-order valence-corrected chi connectivity index (χ0v) is 34.3. The largest absolute Gasteiger partial charge is 0.416 e. The zero-order valence-electron chi connectivity index (χ0n) is 34.3. The van der Waals surface area contributed by atoms with Crippen molar-refractivity contribution >= 4 is 70.9 Å². The molecule has 2 aliphatic heterocycles. The molecule has 0 radical (unpaired) electrons. The maximum absolute atomic E-state index is 13.2. The molecule has 27 heteroatoms. The third kappa shape index (κ3) is 19.6. The molecule has 11 N–H and O–H groups in total. The van der Waals surface area contributed by atoms with Gasteiger partial charge >= 0.3 is 6.18 Å². The number of hydrogen-bond donors (Lipinski definition) is 11. The Morgan fingerprint density at radius 1 is 0.500 bits per heavy atom. The van der Waals surface area contributed by atoms with E-state index in [0.717, 1.165) is 12.1 Å². The summed E-state index contributed by atoms with van der Waals surface area (Å²) in [5.41, 5.74) is -0.556. The van der Waals surface area contributed by atoms with E-state index in [9.17, 15) is 70.7 Å². The Morgan fingerprint density at radius 3 is 1.27 bits per heavy atom. The smallest absolute Gasteiger partial charge is 0.347 e. The molecule has 3 rings (SSSR count). The lowest BCUT2D eigenvalue weighted by Gasteiger charge is -2.24. The molecule has 24 nitrogen and oxygen atoms in total. The summed E-state index contributed by atoms with van der Waals surface area (Å²) >= 11 is 0. The molecule has 350 valence electrons. The molecule has 2 heterocycles. The van der Waals surface area contributed by atoms with E-state index in [-0.39, 0.29) is 12.8 Å². The summed E-state index contributed by atoms with van der Waals surface area (Å²) in [5.74, 6) is -10.1. The molecule has 0 spiro atoms. The van der Waals surface area contributed by atoms with E-state index in [1.54, 1.807) is 0 Å². The SMILES string of the molecule is O=C1CNC(=O)CNC(=O)CNC(=O)CC(C(=O)N2CCCC2)NC(=O)CNC(=O)CNC(=O)CNC(=O)C(CCc2ccc(C(F)(F)F)cc2)NC(=O)CNC(=O)CNC(=O)CN1. The van der Waals surface area contributed by atoms with Gasteiger partial charge < -0.3 is 63.4 Å². The van der Waals surface area contributed by atoms with Gasteiger partial charge in [0.2, 0.25) is 70.9 Å². The quantitative estimate of drug-likeness (QED) is 0.135. The van der Waals surface area contributed by atoms with Gasteiger partial charge in [-0.3, -0.25) is 57.5 Å². The molecule has 0 aromatic heterocycles. The van der Waals surface area contributed by atoms with Gasteiger partial charge in [-0.2, -0.15) is 13.2 Å². The molecular weight excluding hydrogens is 861 g/mol. The number of nitrogens with one attached hydrogen (secondary N) is 11. The maximum atomic E-state index is 13.2. The fourth-order valence-corrected chi connectivity index (χ4v) is 5.71. The molecule has 2 saturated heterocycles. The average Bonchev–Trinajstić information content (AvgIpc) is 3.81. The number of likely N-dealkylation sites (tertiary alicyclic amines) is 1. The van der Waals surface area contributed by atoms with Gasteiger partial charge in [-0.15, -0.1) is 0 Å². The van der Waals surface area contributed by atoms with Crippen molar-refractivity contribution in [1.82, 2.24) is 63.4 Å². The minimum Gasteiger partial charge on any atom is -0.347 e. The van der Waals surface area contributed by atoms with Gasteiger partial charge in [0.1, 0.15) is 12.1 Å². The predicted octanol–water partition coefficient (Wildman–Crippen LogP) is -6.32. The van der Waals surface area contributed by atoms with Gasteiger partial charge in [-0.05, 0) is 43.4 Å². The van der Waals surface area contributed by atoms with Crippen LogP contribution in [-0.4, -0.2) is 160 Å². The van der Waals surface area contributed by atoms with Crippen LogP contribution < -0.4 is 58.5 Å². The number of nitrogens with zero attached hydrogens (tertiary/aromatic N) is 1. The average molecular weight is 911 g/mol. The van der Waals surface area contributed by atoms with E-state index < -0.39 is 160 Å². The molecular formula is C37H49F3N12O12. The van der Waals surface area contributed by atoms with Gasteiger partial charge in [0.05, 0.1) is 70.9 Å². The summed E-state index contributed by atoms with van der Waals surface area (Å²) in [7, 11) is 0. The van der Waals surface area contributed by atoms with Crippen molar-refractivity contribution in [3.8, 4) is 0 Å². The summed E-state index contributed by atoms with van der Waals surface area (Å²) in [5, 5.41) is 24.6. The molecule has 12 amide bonds. The van der Waals surface area contributed by atoms with Crippen LogP contribution in [0.1, 0.15) is 36.8 Å². The second kappa shape index (κ2) is 25.6. The lowest BCUT2D eigenvalue weighted by Crippen LogP contribution is -2.53. The standard InChI is InChI=1S/C37H49F3N12O12/c38-37(39,40)22-6-3-21(4-7-22)5-8-23-35(63)49-18-32(60)46-17-31(59)48-20-34(62)51-24(36(64)52-9-1-2-10-52)11-25(53)41-12-26(54)42-13-27(55)43-14-28(56)44-15-29(57)45-16-30(58)47-19-33(61)50-23/h3-4,6-7,23-24H,1-2,5,8-20H2,(H,41,53)(H,42,54)(H,43,55)(H,44,56)(H,45,57)(H,46,60)(H,47,58)(H,48,59)(H,49,63)(H,50,61)(H,51,62). The van der Waals surface area contributed by atoms with Gasteiger partial charge in [-0.25, -0.2) is 0 Å². The van der Waals surface area contributed by atoms with Crippen LogP contribution in [0.15, 0.2) is 24.3 Å². The van der Waals surface area contributed by atoms with E-state index in [1.165, 1.54) is 17.0 Å². The summed E-state index contributed by atoms with van der Waals surface area (Å²) in [4.78, 5) is 152. The van der Waals surface area contributed by atoms with Gasteiger partial charge in [0.15, 0.2) is 0 Å². The Hall–Kier alpha value is -7.35. The Balaban J connectivity index is 1.67. The summed E-state index contributed by atoms with van der Waals surface area (Å²) in [6.45, 7) is -5.26. The second-order valence-electron chi connectivity index (χ2n) is 14.1. The van der Waals surface area contributed by atoms with Gasteiger partial charge in [0.25, 0.3) is 0 Å². The first kappa shape index (κ1) is 51.0. The Morgan fingerprint density at radius 2 is 0.859 bits per heavy atom. The zero-order chi connectivity index (χ0) is 47.2. The van der Waals surface area contributed by atoms with Crippen molar-refractivity contribution in [2.24, 2.45) is 0 Å². The third-order valence-corrected chi connectivity index (χ3v) is 9.09. The van der Waals surface area contributed by atoms with E-state index >= 15 is 0 Å². The monoisotopic (exact) mass is 910 g/mol. The van der Waals surface area contributed by atoms with Crippen LogP contribution in [0.4, 0.5) is 13.2 Å². The normalized spacial score (nSPS) is 21.1. The van der Waals surface area contributed by atoms with E-state index in [4.69, 9.17) is 0 Å². The Kier molecular flexibility index (Phi) is 20.4. The van der Waals surface area contributed by atoms with Crippen molar-refractivity contribution in [2.45, 2.75) is 50.4 Å². The predicted molar refractivity (Wildman–Crippen MR) is 211 cm³/mol. The molecule has 1 aromatic rings. The Labute approximate surface area is 362 Å². The van der Waals surface area contributed by atoms with E-state index in [1.807, 2.05) is 0 Å². The van der Waals surface area contributed by atoms with Crippen LogP contribution in [0.25, 0.3) is 0 Å². The fourth-order valence-electron chi connectivity index (χ4n) is 5.71. The number of rotatable bonds is 4.